The Bertz CT molecular complexity index is 851. The second-order valence-electron chi connectivity index (χ2n) is 4.70. The number of nitro groups is 1. The molecule has 23 heavy (non-hydrogen) atoms. The third-order valence-corrected chi connectivity index (χ3v) is 3.29. The molecule has 2 rings (SSSR count). The number of nitrogens with one attached hydrogen (secondary N) is 1. The predicted molar refractivity (Wildman–Crippen MR) is 79.9 cm³/mol. The molecule has 0 fully saturated rings. The maximum Gasteiger partial charge on any atom is 0.341 e. The Hall–Kier alpha value is -3.29. The zero-order valence-electron chi connectivity index (χ0n) is 12.0. The van der Waals surface area contributed by atoms with Gasteiger partial charge in [-0.3, -0.25) is 19.7 Å². The Balaban J connectivity index is 2.53. The smallest absolute Gasteiger partial charge is 0.341 e. The highest BCUT2D eigenvalue weighted by Crippen LogP contribution is 2.17. The summed E-state index contributed by atoms with van der Waals surface area (Å²) in [5, 5.41) is 19.6. The fourth-order valence-electron chi connectivity index (χ4n) is 2.10. The van der Waals surface area contributed by atoms with Gasteiger partial charge < -0.3 is 10.1 Å². The lowest BCUT2D eigenvalue weighted by Gasteiger charge is -2.08. The number of carbonyl (C=O) groups is 2. The SMILES string of the molecule is CCc1[nH]c(=O)c(C(=O)O)cc1C(=O)c1ccc([N+](=O)[O-])cc1. The van der Waals surface area contributed by atoms with E-state index in [1.54, 1.807) is 6.92 Å². The number of aromatic carboxylic acids is 1. The van der Waals surface area contributed by atoms with Crippen molar-refractivity contribution in [3.05, 3.63) is 73.2 Å². The van der Waals surface area contributed by atoms with Crippen molar-refractivity contribution in [3.63, 3.8) is 0 Å². The standard InChI is InChI=1S/C15H12N2O6/c1-2-12-10(7-11(15(20)21)14(19)16-12)13(18)8-3-5-9(6-4-8)17(22)23/h3-7H,2H2,1H3,(H,16,19)(H,20,21). The van der Waals surface area contributed by atoms with E-state index in [2.05, 4.69) is 4.98 Å². The predicted octanol–water partition coefficient (Wildman–Crippen LogP) is 1.77. The van der Waals surface area contributed by atoms with Crippen molar-refractivity contribution in [2.45, 2.75) is 13.3 Å². The fourth-order valence-corrected chi connectivity index (χ4v) is 2.10. The molecule has 0 radical (unpaired) electrons. The minimum atomic E-state index is -1.44. The largest absolute Gasteiger partial charge is 0.477 e. The number of nitrogens with zero attached hydrogens (tertiary/aromatic N) is 1. The summed E-state index contributed by atoms with van der Waals surface area (Å²) in [7, 11) is 0. The van der Waals surface area contributed by atoms with Crippen LogP contribution in [0.2, 0.25) is 0 Å². The minimum absolute atomic E-state index is 0.0540. The number of H-pyrrole nitrogens is 1. The Labute approximate surface area is 129 Å². The lowest BCUT2D eigenvalue weighted by atomic mass is 9.99. The van der Waals surface area contributed by atoms with Crippen molar-refractivity contribution in [2.75, 3.05) is 0 Å². The number of hydrogen-bond donors (Lipinski definition) is 2. The average Bonchev–Trinajstić information content (AvgIpc) is 2.53. The van der Waals surface area contributed by atoms with Crippen LogP contribution in [0, 0.1) is 10.1 Å². The summed E-state index contributed by atoms with van der Waals surface area (Å²) in [6.45, 7) is 1.71. The zero-order valence-corrected chi connectivity index (χ0v) is 12.0. The summed E-state index contributed by atoms with van der Waals surface area (Å²) in [4.78, 5) is 47.6. The van der Waals surface area contributed by atoms with Gasteiger partial charge in [0.05, 0.1) is 4.92 Å². The fraction of sp³-hybridized carbons (Fsp3) is 0.133. The van der Waals surface area contributed by atoms with Crippen LogP contribution < -0.4 is 5.56 Å². The first kappa shape index (κ1) is 16.1. The Morgan fingerprint density at radius 2 is 1.83 bits per heavy atom. The molecule has 2 aromatic rings. The van der Waals surface area contributed by atoms with Crippen molar-refractivity contribution in [1.82, 2.24) is 4.98 Å². The second kappa shape index (κ2) is 6.22. The second-order valence-corrected chi connectivity index (χ2v) is 4.70. The summed E-state index contributed by atoms with van der Waals surface area (Å²) in [5.41, 5.74) is -0.956. The number of non-ortho nitro benzene ring substituents is 1. The van der Waals surface area contributed by atoms with Gasteiger partial charge in [0.1, 0.15) is 5.56 Å². The first-order valence-electron chi connectivity index (χ1n) is 6.63. The highest BCUT2D eigenvalue weighted by atomic mass is 16.6. The molecule has 0 saturated carbocycles. The minimum Gasteiger partial charge on any atom is -0.477 e. The van der Waals surface area contributed by atoms with E-state index >= 15 is 0 Å². The van der Waals surface area contributed by atoms with Gasteiger partial charge in [0.2, 0.25) is 0 Å². The molecule has 0 amide bonds. The number of benzene rings is 1. The van der Waals surface area contributed by atoms with E-state index < -0.39 is 27.8 Å². The van der Waals surface area contributed by atoms with Gasteiger partial charge >= 0.3 is 5.97 Å². The van der Waals surface area contributed by atoms with Crippen LogP contribution in [0.1, 0.15) is 38.9 Å². The van der Waals surface area contributed by atoms with Crippen LogP contribution >= 0.6 is 0 Å². The molecule has 0 bridgehead atoms. The molecular formula is C15H12N2O6. The number of carbonyl (C=O) groups excluding carboxylic acids is 1. The molecule has 0 saturated heterocycles. The molecule has 8 nitrogen and oxygen atoms in total. The third kappa shape index (κ3) is 3.15. The van der Waals surface area contributed by atoms with Crippen LogP contribution in [0.15, 0.2) is 35.1 Å². The lowest BCUT2D eigenvalue weighted by Crippen LogP contribution is -2.22. The summed E-state index contributed by atoms with van der Waals surface area (Å²) in [5.74, 6) is -1.96. The Morgan fingerprint density at radius 1 is 1.22 bits per heavy atom. The normalized spacial score (nSPS) is 10.3. The van der Waals surface area contributed by atoms with Gasteiger partial charge in [0.15, 0.2) is 5.78 Å². The Kier molecular flexibility index (Phi) is 4.35. The monoisotopic (exact) mass is 316 g/mol. The molecule has 1 aromatic carbocycles. The first-order chi connectivity index (χ1) is 10.8. The number of carboxylic acids is 1. The van der Waals surface area contributed by atoms with E-state index in [0.717, 1.165) is 6.07 Å². The van der Waals surface area contributed by atoms with Crippen molar-refractivity contribution in [1.29, 1.82) is 0 Å². The zero-order chi connectivity index (χ0) is 17.1. The van der Waals surface area contributed by atoms with Gasteiger partial charge in [-0.15, -0.1) is 0 Å². The van der Waals surface area contributed by atoms with Gasteiger partial charge in [-0.1, -0.05) is 6.92 Å². The number of ketones is 1. The van der Waals surface area contributed by atoms with E-state index in [4.69, 9.17) is 5.11 Å². The molecule has 0 spiro atoms. The van der Waals surface area contributed by atoms with Crippen LogP contribution in [-0.4, -0.2) is 26.8 Å². The number of aromatic nitrogens is 1. The van der Waals surface area contributed by atoms with Gasteiger partial charge in [-0.25, -0.2) is 4.79 Å². The quantitative estimate of drug-likeness (QED) is 0.491. The Morgan fingerprint density at radius 3 is 2.30 bits per heavy atom. The number of nitro benzene ring substituents is 1. The van der Waals surface area contributed by atoms with E-state index in [-0.39, 0.29) is 16.8 Å². The molecule has 0 unspecified atom stereocenters. The van der Waals surface area contributed by atoms with Gasteiger partial charge in [-0.2, -0.15) is 0 Å². The maximum absolute atomic E-state index is 12.5. The maximum atomic E-state index is 12.5. The number of aromatic amines is 1. The topological polar surface area (TPSA) is 130 Å². The summed E-state index contributed by atoms with van der Waals surface area (Å²) in [6.07, 6.45) is 0.323. The molecular weight excluding hydrogens is 304 g/mol. The third-order valence-electron chi connectivity index (χ3n) is 3.29. The van der Waals surface area contributed by atoms with E-state index in [9.17, 15) is 24.5 Å². The van der Waals surface area contributed by atoms with Crippen molar-refractivity contribution >= 4 is 17.4 Å². The van der Waals surface area contributed by atoms with Crippen molar-refractivity contribution in [2.24, 2.45) is 0 Å². The van der Waals surface area contributed by atoms with Crippen LogP contribution in [0.4, 0.5) is 5.69 Å². The van der Waals surface area contributed by atoms with E-state index in [1.165, 1.54) is 24.3 Å². The summed E-state index contributed by atoms with van der Waals surface area (Å²) >= 11 is 0. The van der Waals surface area contributed by atoms with Crippen molar-refractivity contribution in [3.8, 4) is 0 Å². The van der Waals surface area contributed by atoms with Crippen LogP contribution in [0.5, 0.6) is 0 Å². The molecule has 0 aliphatic rings. The number of rotatable bonds is 5. The lowest BCUT2D eigenvalue weighted by molar-refractivity contribution is -0.384. The van der Waals surface area contributed by atoms with Crippen LogP contribution in [-0.2, 0) is 6.42 Å². The average molecular weight is 316 g/mol. The summed E-state index contributed by atoms with van der Waals surface area (Å²) in [6, 6.07) is 5.96. The van der Waals surface area contributed by atoms with E-state index in [1.807, 2.05) is 0 Å². The molecule has 1 heterocycles. The number of aryl methyl sites for hydroxylation is 1. The molecule has 2 N–H and O–H groups in total. The van der Waals surface area contributed by atoms with Crippen molar-refractivity contribution < 1.29 is 19.6 Å². The molecule has 118 valence electrons. The molecule has 0 atom stereocenters. The van der Waals surface area contributed by atoms with Gasteiger partial charge in [0, 0.05) is 29.0 Å². The molecule has 8 heteroatoms. The first-order valence-corrected chi connectivity index (χ1v) is 6.63. The molecule has 1 aromatic heterocycles. The highest BCUT2D eigenvalue weighted by molar-refractivity contribution is 6.10. The number of carboxylic acid groups (broad SMARTS) is 1. The number of pyridine rings is 1. The number of hydrogen-bond acceptors (Lipinski definition) is 5. The molecule has 0 aliphatic heterocycles. The van der Waals surface area contributed by atoms with Crippen LogP contribution in [0.25, 0.3) is 0 Å². The van der Waals surface area contributed by atoms with Gasteiger partial charge in [-0.05, 0) is 24.6 Å². The summed E-state index contributed by atoms with van der Waals surface area (Å²) < 4.78 is 0. The highest BCUT2D eigenvalue weighted by Gasteiger charge is 2.19. The molecule has 0 aliphatic carbocycles. The van der Waals surface area contributed by atoms with Gasteiger partial charge in [0.25, 0.3) is 11.2 Å². The van der Waals surface area contributed by atoms with E-state index in [0.29, 0.717) is 12.1 Å². The van der Waals surface area contributed by atoms with Crippen LogP contribution in [0.3, 0.4) is 0 Å².